The maximum Gasteiger partial charge on any atom is 0.407 e. The predicted molar refractivity (Wildman–Crippen MR) is 90.4 cm³/mol. The largest absolute Gasteiger partial charge is 0.490 e. The first-order chi connectivity index (χ1) is 11.8. The van der Waals surface area contributed by atoms with E-state index < -0.39 is 6.09 Å². The SMILES string of the molecule is O=C(NCCc1ccc2c(c1)OCCCO2)OCc1ccccc1. The van der Waals surface area contributed by atoms with Crippen LogP contribution in [0.4, 0.5) is 4.79 Å². The van der Waals surface area contributed by atoms with Crippen molar-refractivity contribution in [2.45, 2.75) is 19.4 Å². The van der Waals surface area contributed by atoms with Gasteiger partial charge in [0.1, 0.15) is 6.61 Å². The van der Waals surface area contributed by atoms with Gasteiger partial charge in [0.2, 0.25) is 0 Å². The van der Waals surface area contributed by atoms with Crippen LogP contribution in [0, 0.1) is 0 Å². The Balaban J connectivity index is 1.43. The summed E-state index contributed by atoms with van der Waals surface area (Å²) in [4.78, 5) is 11.7. The number of benzene rings is 2. The molecule has 0 saturated heterocycles. The molecule has 5 nitrogen and oxygen atoms in total. The van der Waals surface area contributed by atoms with Crippen LogP contribution in [-0.2, 0) is 17.8 Å². The number of nitrogens with one attached hydrogen (secondary N) is 1. The van der Waals surface area contributed by atoms with Crippen molar-refractivity contribution in [2.24, 2.45) is 0 Å². The summed E-state index contributed by atoms with van der Waals surface area (Å²) in [5.74, 6) is 1.56. The van der Waals surface area contributed by atoms with Crippen LogP contribution in [0.1, 0.15) is 17.5 Å². The number of hydrogen-bond donors (Lipinski definition) is 1. The standard InChI is InChI=1S/C19H21NO4/c21-19(24-14-16-5-2-1-3-6-16)20-10-9-15-7-8-17-18(13-15)23-12-4-11-22-17/h1-3,5-8,13H,4,9-12,14H2,(H,20,21). The van der Waals surface area contributed by atoms with E-state index in [4.69, 9.17) is 14.2 Å². The van der Waals surface area contributed by atoms with E-state index in [1.165, 1.54) is 0 Å². The highest BCUT2D eigenvalue weighted by atomic mass is 16.5. The molecule has 2 aromatic carbocycles. The molecular weight excluding hydrogens is 306 g/mol. The third-order valence-electron chi connectivity index (χ3n) is 3.71. The Labute approximate surface area is 141 Å². The number of carbonyl (C=O) groups excluding carboxylic acids is 1. The molecule has 0 aliphatic carbocycles. The van der Waals surface area contributed by atoms with Crippen LogP contribution in [0.5, 0.6) is 11.5 Å². The minimum absolute atomic E-state index is 0.275. The van der Waals surface area contributed by atoms with Crippen molar-refractivity contribution in [3.63, 3.8) is 0 Å². The lowest BCUT2D eigenvalue weighted by Gasteiger charge is -2.10. The van der Waals surface area contributed by atoms with Crippen molar-refractivity contribution >= 4 is 6.09 Å². The topological polar surface area (TPSA) is 56.8 Å². The lowest BCUT2D eigenvalue weighted by molar-refractivity contribution is 0.140. The van der Waals surface area contributed by atoms with Gasteiger partial charge in [-0.25, -0.2) is 4.79 Å². The first kappa shape index (κ1) is 16.2. The van der Waals surface area contributed by atoms with Crippen molar-refractivity contribution in [2.75, 3.05) is 19.8 Å². The molecule has 0 radical (unpaired) electrons. The van der Waals surface area contributed by atoms with Gasteiger partial charge >= 0.3 is 6.09 Å². The maximum absolute atomic E-state index is 11.7. The number of hydrogen-bond acceptors (Lipinski definition) is 4. The highest BCUT2D eigenvalue weighted by Crippen LogP contribution is 2.30. The van der Waals surface area contributed by atoms with Crippen LogP contribution in [-0.4, -0.2) is 25.9 Å². The summed E-state index contributed by atoms with van der Waals surface area (Å²) in [5.41, 5.74) is 2.05. The average molecular weight is 327 g/mol. The van der Waals surface area contributed by atoms with Gasteiger partial charge in [0.15, 0.2) is 11.5 Å². The van der Waals surface area contributed by atoms with Crippen LogP contribution >= 0.6 is 0 Å². The van der Waals surface area contributed by atoms with Gasteiger partial charge in [0, 0.05) is 13.0 Å². The molecule has 2 aromatic rings. The molecule has 1 N–H and O–H groups in total. The van der Waals surface area contributed by atoms with Crippen LogP contribution in [0.25, 0.3) is 0 Å². The second kappa shape index (κ2) is 8.24. The van der Waals surface area contributed by atoms with E-state index >= 15 is 0 Å². The smallest absolute Gasteiger partial charge is 0.407 e. The zero-order valence-electron chi connectivity index (χ0n) is 13.5. The Hall–Kier alpha value is -2.69. The summed E-state index contributed by atoms with van der Waals surface area (Å²) in [6.07, 6.45) is 1.18. The Morgan fingerprint density at radius 2 is 1.79 bits per heavy atom. The van der Waals surface area contributed by atoms with Crippen LogP contribution in [0.2, 0.25) is 0 Å². The molecule has 5 heteroatoms. The number of amides is 1. The molecule has 0 aromatic heterocycles. The van der Waals surface area contributed by atoms with E-state index in [2.05, 4.69) is 5.32 Å². The molecule has 24 heavy (non-hydrogen) atoms. The van der Waals surface area contributed by atoms with E-state index in [1.807, 2.05) is 48.5 Å². The molecule has 1 aliphatic heterocycles. The molecule has 1 amide bonds. The van der Waals surface area contributed by atoms with E-state index in [1.54, 1.807) is 0 Å². The summed E-state index contributed by atoms with van der Waals surface area (Å²) in [6.45, 7) is 2.13. The number of ether oxygens (including phenoxy) is 3. The van der Waals surface area contributed by atoms with E-state index in [0.717, 1.165) is 29.0 Å². The molecule has 0 bridgehead atoms. The van der Waals surface area contributed by atoms with Gasteiger partial charge in [-0.1, -0.05) is 36.4 Å². The quantitative estimate of drug-likeness (QED) is 0.915. The summed E-state index contributed by atoms with van der Waals surface area (Å²) in [5, 5.41) is 2.76. The first-order valence-electron chi connectivity index (χ1n) is 8.14. The molecule has 3 rings (SSSR count). The van der Waals surface area contributed by atoms with Gasteiger partial charge in [-0.15, -0.1) is 0 Å². The van der Waals surface area contributed by atoms with Gasteiger partial charge in [0.05, 0.1) is 13.2 Å². The van der Waals surface area contributed by atoms with Crippen LogP contribution in [0.3, 0.4) is 0 Å². The highest BCUT2D eigenvalue weighted by molar-refractivity contribution is 5.67. The predicted octanol–water partition coefficient (Wildman–Crippen LogP) is 3.32. The molecule has 0 fully saturated rings. The average Bonchev–Trinajstić information content (AvgIpc) is 2.86. The normalized spacial score (nSPS) is 13.0. The molecule has 0 spiro atoms. The second-order valence-electron chi connectivity index (χ2n) is 5.57. The molecular formula is C19H21NO4. The van der Waals surface area contributed by atoms with Gasteiger partial charge in [-0.05, 0) is 29.7 Å². The minimum Gasteiger partial charge on any atom is -0.490 e. The van der Waals surface area contributed by atoms with Gasteiger partial charge in [-0.3, -0.25) is 0 Å². The van der Waals surface area contributed by atoms with Crippen molar-refractivity contribution in [3.8, 4) is 11.5 Å². The summed E-state index contributed by atoms with van der Waals surface area (Å²) < 4.78 is 16.5. The van der Waals surface area contributed by atoms with Crippen molar-refractivity contribution in [1.29, 1.82) is 0 Å². The molecule has 126 valence electrons. The fourth-order valence-corrected chi connectivity index (χ4v) is 2.45. The monoisotopic (exact) mass is 327 g/mol. The second-order valence-corrected chi connectivity index (χ2v) is 5.57. The van der Waals surface area contributed by atoms with Crippen molar-refractivity contribution < 1.29 is 19.0 Å². The fraction of sp³-hybridized carbons (Fsp3) is 0.316. The number of rotatable bonds is 5. The maximum atomic E-state index is 11.7. The van der Waals surface area contributed by atoms with Crippen molar-refractivity contribution in [1.82, 2.24) is 5.32 Å². The summed E-state index contributed by atoms with van der Waals surface area (Å²) in [7, 11) is 0. The van der Waals surface area contributed by atoms with Crippen molar-refractivity contribution in [3.05, 3.63) is 59.7 Å². The third kappa shape index (κ3) is 4.65. The van der Waals surface area contributed by atoms with E-state index in [9.17, 15) is 4.79 Å². The number of fused-ring (bicyclic) bond motifs is 1. The lowest BCUT2D eigenvalue weighted by atomic mass is 10.1. The lowest BCUT2D eigenvalue weighted by Crippen LogP contribution is -2.26. The highest BCUT2D eigenvalue weighted by Gasteiger charge is 2.10. The molecule has 0 unspecified atom stereocenters. The van der Waals surface area contributed by atoms with Gasteiger partial charge in [-0.2, -0.15) is 0 Å². The third-order valence-corrected chi connectivity index (χ3v) is 3.71. The number of alkyl carbamates (subject to hydrolysis) is 1. The summed E-state index contributed by atoms with van der Waals surface area (Å²) in [6, 6.07) is 15.5. The Morgan fingerprint density at radius 1 is 1.00 bits per heavy atom. The molecule has 1 heterocycles. The summed E-state index contributed by atoms with van der Waals surface area (Å²) >= 11 is 0. The fourth-order valence-electron chi connectivity index (χ4n) is 2.45. The molecule has 1 aliphatic rings. The zero-order valence-corrected chi connectivity index (χ0v) is 13.5. The first-order valence-corrected chi connectivity index (χ1v) is 8.14. The number of carbonyl (C=O) groups is 1. The molecule has 0 saturated carbocycles. The zero-order chi connectivity index (χ0) is 16.6. The Kier molecular flexibility index (Phi) is 5.56. The van der Waals surface area contributed by atoms with Crippen LogP contribution in [0.15, 0.2) is 48.5 Å². The molecule has 0 atom stereocenters. The van der Waals surface area contributed by atoms with E-state index in [-0.39, 0.29) is 6.61 Å². The van der Waals surface area contributed by atoms with Gasteiger partial charge < -0.3 is 19.5 Å². The minimum atomic E-state index is -0.409. The van der Waals surface area contributed by atoms with Crippen LogP contribution < -0.4 is 14.8 Å². The Morgan fingerprint density at radius 3 is 2.62 bits per heavy atom. The van der Waals surface area contributed by atoms with Gasteiger partial charge in [0.25, 0.3) is 0 Å². The Bertz CT molecular complexity index is 672. The van der Waals surface area contributed by atoms with E-state index in [0.29, 0.717) is 26.2 Å².